The minimum atomic E-state index is -3.43. The van der Waals surface area contributed by atoms with Crippen LogP contribution in [0.15, 0.2) is 30.3 Å². The lowest BCUT2D eigenvalue weighted by Crippen LogP contribution is -2.44. The number of ether oxygens (including phenoxy) is 1. The number of hydrogen-bond acceptors (Lipinski definition) is 3. The lowest BCUT2D eigenvalue weighted by Gasteiger charge is -2.24. The van der Waals surface area contributed by atoms with Gasteiger partial charge in [0.2, 0.25) is 0 Å². The van der Waals surface area contributed by atoms with E-state index in [2.05, 4.69) is 4.72 Å². The van der Waals surface area contributed by atoms with Crippen molar-refractivity contribution in [2.45, 2.75) is 32.4 Å². The van der Waals surface area contributed by atoms with Gasteiger partial charge in [-0.25, -0.2) is 0 Å². The fraction of sp³-hybridized carbons (Fsp3) is 0.571. The molecule has 0 bridgehead atoms. The van der Waals surface area contributed by atoms with Crippen LogP contribution in [0, 0.1) is 0 Å². The molecule has 0 aliphatic carbocycles. The Morgan fingerprint density at radius 3 is 2.80 bits per heavy atom. The van der Waals surface area contributed by atoms with Crippen molar-refractivity contribution in [2.75, 3.05) is 19.8 Å². The molecule has 20 heavy (non-hydrogen) atoms. The van der Waals surface area contributed by atoms with Crippen molar-refractivity contribution in [1.29, 1.82) is 0 Å². The van der Waals surface area contributed by atoms with Crippen LogP contribution in [0.4, 0.5) is 0 Å². The highest BCUT2D eigenvalue weighted by atomic mass is 32.2. The van der Waals surface area contributed by atoms with Gasteiger partial charge in [-0.1, -0.05) is 30.3 Å². The molecule has 1 unspecified atom stereocenters. The Balaban J connectivity index is 1.95. The quantitative estimate of drug-likeness (QED) is 0.830. The van der Waals surface area contributed by atoms with Crippen LogP contribution < -0.4 is 4.72 Å². The maximum atomic E-state index is 12.3. The number of hydrogen-bond donors (Lipinski definition) is 1. The predicted molar refractivity (Wildman–Crippen MR) is 78.4 cm³/mol. The third-order valence-electron chi connectivity index (χ3n) is 3.45. The molecule has 0 radical (unpaired) electrons. The summed E-state index contributed by atoms with van der Waals surface area (Å²) in [6.07, 6.45) is 1.76. The van der Waals surface area contributed by atoms with Gasteiger partial charge < -0.3 is 4.74 Å². The van der Waals surface area contributed by atoms with E-state index in [1.54, 1.807) is 0 Å². The van der Waals surface area contributed by atoms with Gasteiger partial charge in [0, 0.05) is 25.7 Å². The average molecular weight is 298 g/mol. The molecule has 1 aliphatic heterocycles. The average Bonchev–Trinajstić information content (AvgIpc) is 2.93. The molecule has 1 fully saturated rings. The summed E-state index contributed by atoms with van der Waals surface area (Å²) in [6.45, 7) is 3.90. The Morgan fingerprint density at radius 2 is 2.10 bits per heavy atom. The van der Waals surface area contributed by atoms with Crippen LogP contribution in [-0.2, 0) is 21.5 Å². The number of rotatable bonds is 7. The van der Waals surface area contributed by atoms with E-state index in [9.17, 15) is 8.42 Å². The Hall–Kier alpha value is -0.950. The number of nitrogens with one attached hydrogen (secondary N) is 1. The maximum Gasteiger partial charge on any atom is 0.280 e. The molecule has 0 amide bonds. The molecule has 0 spiro atoms. The normalized spacial score (nSPS) is 20.4. The second-order valence-electron chi connectivity index (χ2n) is 4.88. The Kier molecular flexibility index (Phi) is 5.54. The SMILES string of the molecule is CCOCC1CCCN1S(=O)(=O)NCc1ccccc1. The second kappa shape index (κ2) is 7.17. The summed E-state index contributed by atoms with van der Waals surface area (Å²) in [4.78, 5) is 0. The number of nitrogens with zero attached hydrogens (tertiary/aromatic N) is 1. The zero-order valence-corrected chi connectivity index (χ0v) is 12.6. The van der Waals surface area contributed by atoms with Gasteiger partial charge in [-0.05, 0) is 25.3 Å². The third-order valence-corrected chi connectivity index (χ3v) is 5.06. The Morgan fingerprint density at radius 1 is 1.35 bits per heavy atom. The van der Waals surface area contributed by atoms with Gasteiger partial charge in [-0.3, -0.25) is 0 Å². The first kappa shape index (κ1) is 15.4. The van der Waals surface area contributed by atoms with Gasteiger partial charge in [0.25, 0.3) is 10.2 Å². The summed E-state index contributed by atoms with van der Waals surface area (Å²) in [6, 6.07) is 9.49. The van der Waals surface area contributed by atoms with E-state index in [-0.39, 0.29) is 6.04 Å². The van der Waals surface area contributed by atoms with E-state index < -0.39 is 10.2 Å². The summed E-state index contributed by atoms with van der Waals surface area (Å²) in [7, 11) is -3.43. The van der Waals surface area contributed by atoms with Crippen LogP contribution in [0.25, 0.3) is 0 Å². The van der Waals surface area contributed by atoms with E-state index in [1.165, 1.54) is 4.31 Å². The van der Waals surface area contributed by atoms with E-state index in [4.69, 9.17) is 4.74 Å². The topological polar surface area (TPSA) is 58.6 Å². The van der Waals surface area contributed by atoms with E-state index in [0.717, 1.165) is 18.4 Å². The van der Waals surface area contributed by atoms with E-state index >= 15 is 0 Å². The number of benzene rings is 1. The Bertz CT molecular complexity index is 504. The highest BCUT2D eigenvalue weighted by Gasteiger charge is 2.33. The predicted octanol–water partition coefficient (Wildman–Crippen LogP) is 1.52. The molecular formula is C14H22N2O3S. The van der Waals surface area contributed by atoms with Crippen molar-refractivity contribution >= 4 is 10.2 Å². The molecule has 0 aromatic heterocycles. The zero-order valence-electron chi connectivity index (χ0n) is 11.8. The summed E-state index contributed by atoms with van der Waals surface area (Å²) in [5.74, 6) is 0. The summed E-state index contributed by atoms with van der Waals surface area (Å²) < 4.78 is 34.2. The van der Waals surface area contributed by atoms with Crippen molar-refractivity contribution in [2.24, 2.45) is 0 Å². The molecule has 5 nitrogen and oxygen atoms in total. The maximum absolute atomic E-state index is 12.3. The first-order valence-electron chi connectivity index (χ1n) is 7.01. The molecule has 0 saturated carbocycles. The zero-order chi connectivity index (χ0) is 14.4. The van der Waals surface area contributed by atoms with Crippen molar-refractivity contribution in [1.82, 2.24) is 9.03 Å². The van der Waals surface area contributed by atoms with Crippen LogP contribution in [0.3, 0.4) is 0 Å². The first-order chi connectivity index (χ1) is 9.63. The highest BCUT2D eigenvalue weighted by molar-refractivity contribution is 7.87. The van der Waals surface area contributed by atoms with Crippen LogP contribution >= 0.6 is 0 Å². The summed E-state index contributed by atoms with van der Waals surface area (Å²) in [5, 5.41) is 0. The molecule has 1 saturated heterocycles. The summed E-state index contributed by atoms with van der Waals surface area (Å²) in [5.41, 5.74) is 0.955. The first-order valence-corrected chi connectivity index (χ1v) is 8.45. The summed E-state index contributed by atoms with van der Waals surface area (Å²) >= 11 is 0. The fourth-order valence-corrected chi connectivity index (χ4v) is 3.84. The molecule has 2 rings (SSSR count). The van der Waals surface area contributed by atoms with Crippen molar-refractivity contribution < 1.29 is 13.2 Å². The minimum Gasteiger partial charge on any atom is -0.380 e. The standard InChI is InChI=1S/C14H22N2O3S/c1-2-19-12-14-9-6-10-16(14)20(17,18)15-11-13-7-4-3-5-8-13/h3-5,7-8,14-15H,2,6,9-12H2,1H3. The molecule has 1 atom stereocenters. The molecule has 1 aromatic rings. The monoisotopic (exact) mass is 298 g/mol. The van der Waals surface area contributed by atoms with Gasteiger partial charge in [-0.15, -0.1) is 0 Å². The van der Waals surface area contributed by atoms with E-state index in [1.807, 2.05) is 37.3 Å². The molecule has 112 valence electrons. The van der Waals surface area contributed by atoms with Crippen LogP contribution in [0.5, 0.6) is 0 Å². The lowest BCUT2D eigenvalue weighted by atomic mass is 10.2. The molecule has 1 aliphatic rings. The van der Waals surface area contributed by atoms with Gasteiger partial charge >= 0.3 is 0 Å². The van der Waals surface area contributed by atoms with Gasteiger partial charge in [-0.2, -0.15) is 17.4 Å². The third kappa shape index (κ3) is 4.02. The van der Waals surface area contributed by atoms with Crippen molar-refractivity contribution in [3.63, 3.8) is 0 Å². The molecule has 6 heteroatoms. The van der Waals surface area contributed by atoms with Crippen LogP contribution in [0.1, 0.15) is 25.3 Å². The largest absolute Gasteiger partial charge is 0.380 e. The molecule has 1 heterocycles. The smallest absolute Gasteiger partial charge is 0.280 e. The van der Waals surface area contributed by atoms with Gasteiger partial charge in [0.1, 0.15) is 0 Å². The highest BCUT2D eigenvalue weighted by Crippen LogP contribution is 2.20. The molecule has 1 N–H and O–H groups in total. The molecular weight excluding hydrogens is 276 g/mol. The van der Waals surface area contributed by atoms with Gasteiger partial charge in [0.05, 0.1) is 6.61 Å². The van der Waals surface area contributed by atoms with Crippen molar-refractivity contribution in [3.8, 4) is 0 Å². The van der Waals surface area contributed by atoms with E-state index in [0.29, 0.717) is 26.3 Å². The molecule has 1 aromatic carbocycles. The van der Waals surface area contributed by atoms with Gasteiger partial charge in [0.15, 0.2) is 0 Å². The second-order valence-corrected chi connectivity index (χ2v) is 6.59. The Labute approximate surface area is 121 Å². The minimum absolute atomic E-state index is 0.0387. The van der Waals surface area contributed by atoms with Crippen LogP contribution in [-0.4, -0.2) is 38.5 Å². The van der Waals surface area contributed by atoms with Crippen LogP contribution in [0.2, 0.25) is 0 Å². The van der Waals surface area contributed by atoms with Crippen molar-refractivity contribution in [3.05, 3.63) is 35.9 Å². The fourth-order valence-electron chi connectivity index (χ4n) is 2.40. The lowest BCUT2D eigenvalue weighted by molar-refractivity contribution is 0.109.